The summed E-state index contributed by atoms with van der Waals surface area (Å²) in [6, 6.07) is 46.7. The van der Waals surface area contributed by atoms with Crippen LogP contribution in [-0.4, -0.2) is 4.98 Å². The normalized spacial score (nSPS) is 11.2. The van der Waals surface area contributed by atoms with Crippen LogP contribution >= 0.6 is 0 Å². The summed E-state index contributed by atoms with van der Waals surface area (Å²) < 4.78 is 0. The number of rotatable bonds is 3. The van der Waals surface area contributed by atoms with E-state index in [-0.39, 0.29) is 10.8 Å². The van der Waals surface area contributed by atoms with E-state index in [0.29, 0.717) is 0 Å². The maximum absolute atomic E-state index is 4.78. The summed E-state index contributed by atoms with van der Waals surface area (Å²) in [5, 5.41) is 0. The van der Waals surface area contributed by atoms with Crippen LogP contribution in [0.4, 0.5) is 0 Å². The molecular formula is C47H41N. The second kappa shape index (κ2) is 13.6. The van der Waals surface area contributed by atoms with Gasteiger partial charge in [-0.1, -0.05) is 144 Å². The lowest BCUT2D eigenvalue weighted by Crippen LogP contribution is -2.10. The van der Waals surface area contributed by atoms with Gasteiger partial charge in [-0.25, -0.2) is 0 Å². The van der Waals surface area contributed by atoms with Gasteiger partial charge in [0, 0.05) is 39.6 Å². The zero-order valence-electron chi connectivity index (χ0n) is 28.7. The lowest BCUT2D eigenvalue weighted by molar-refractivity contribution is 0.590. The van der Waals surface area contributed by atoms with Crippen molar-refractivity contribution >= 4 is 0 Å². The van der Waals surface area contributed by atoms with Crippen LogP contribution in [0.3, 0.4) is 0 Å². The molecule has 0 amide bonds. The Morgan fingerprint density at radius 1 is 0.333 bits per heavy atom. The third-order valence-electron chi connectivity index (χ3n) is 8.58. The molecule has 6 rings (SSSR count). The largest absolute Gasteiger partial charge is 0.256 e. The van der Waals surface area contributed by atoms with Crippen molar-refractivity contribution in [2.24, 2.45) is 0 Å². The van der Waals surface area contributed by atoms with Gasteiger partial charge in [-0.15, -0.1) is 0 Å². The second-order valence-electron chi connectivity index (χ2n) is 14.3. The van der Waals surface area contributed by atoms with E-state index in [4.69, 9.17) is 4.98 Å². The first-order chi connectivity index (χ1) is 23.0. The van der Waals surface area contributed by atoms with Crippen molar-refractivity contribution in [2.45, 2.75) is 52.4 Å². The lowest BCUT2D eigenvalue weighted by Gasteiger charge is -2.18. The van der Waals surface area contributed by atoms with Crippen molar-refractivity contribution < 1.29 is 0 Å². The molecule has 0 spiro atoms. The Bertz CT molecular complexity index is 1950. The van der Waals surface area contributed by atoms with Gasteiger partial charge in [0.1, 0.15) is 0 Å². The predicted octanol–water partition coefficient (Wildman–Crippen LogP) is 11.5. The third-order valence-corrected chi connectivity index (χ3v) is 8.58. The van der Waals surface area contributed by atoms with E-state index in [0.717, 1.165) is 55.8 Å². The molecule has 1 heteroatoms. The van der Waals surface area contributed by atoms with Gasteiger partial charge >= 0.3 is 0 Å². The Morgan fingerprint density at radius 2 is 0.625 bits per heavy atom. The summed E-state index contributed by atoms with van der Waals surface area (Å²) in [4.78, 5) is 4.78. The molecule has 6 aromatic rings. The van der Waals surface area contributed by atoms with E-state index in [2.05, 4.69) is 199 Å². The first-order valence-corrected chi connectivity index (χ1v) is 16.5. The van der Waals surface area contributed by atoms with Crippen LogP contribution in [0.15, 0.2) is 140 Å². The molecule has 0 fully saturated rings. The van der Waals surface area contributed by atoms with Crippen LogP contribution < -0.4 is 0 Å². The fourth-order valence-electron chi connectivity index (χ4n) is 5.46. The lowest BCUT2D eigenvalue weighted by atomic mass is 9.87. The highest BCUT2D eigenvalue weighted by Crippen LogP contribution is 2.27. The Kier molecular flexibility index (Phi) is 9.17. The molecule has 234 valence electrons. The predicted molar refractivity (Wildman–Crippen MR) is 203 cm³/mol. The van der Waals surface area contributed by atoms with E-state index in [1.54, 1.807) is 0 Å². The molecule has 0 aliphatic heterocycles. The summed E-state index contributed by atoms with van der Waals surface area (Å²) in [5.41, 5.74) is 13.5. The van der Waals surface area contributed by atoms with Crippen molar-refractivity contribution in [2.75, 3.05) is 0 Å². The van der Waals surface area contributed by atoms with Crippen LogP contribution in [0.1, 0.15) is 74.9 Å². The van der Waals surface area contributed by atoms with Crippen molar-refractivity contribution in [3.8, 4) is 57.2 Å². The molecule has 0 saturated heterocycles. The van der Waals surface area contributed by atoms with Crippen LogP contribution in [0.25, 0.3) is 33.5 Å². The van der Waals surface area contributed by atoms with E-state index in [1.165, 1.54) is 11.1 Å². The molecule has 0 aliphatic carbocycles. The highest BCUT2D eigenvalue weighted by atomic mass is 14.7. The topological polar surface area (TPSA) is 12.9 Å². The van der Waals surface area contributed by atoms with Gasteiger partial charge in [-0.3, -0.25) is 4.98 Å². The first-order valence-electron chi connectivity index (χ1n) is 16.5. The van der Waals surface area contributed by atoms with Gasteiger partial charge in [0.25, 0.3) is 0 Å². The molecule has 0 N–H and O–H groups in total. The minimum Gasteiger partial charge on any atom is -0.256 e. The van der Waals surface area contributed by atoms with E-state index in [9.17, 15) is 0 Å². The average molecular weight is 620 g/mol. The average Bonchev–Trinajstić information content (AvgIpc) is 3.10. The standard InChI is InChI=1S/C47H41N/c1-46(2,3)43-28-15-36(16-29-43)9-7-34-11-19-38(20-12-34)39-23-25-41(26-24-39)45-32-27-42(33-48-45)40-21-13-35(14-22-40)8-10-37-17-30-44(31-18-37)47(4,5)6/h11-33H,1-6H3. The number of nitrogens with zero attached hydrogens (tertiary/aromatic N) is 1. The van der Waals surface area contributed by atoms with Crippen LogP contribution in [0.2, 0.25) is 0 Å². The summed E-state index contributed by atoms with van der Waals surface area (Å²) in [7, 11) is 0. The van der Waals surface area contributed by atoms with Gasteiger partial charge in [-0.2, -0.15) is 0 Å². The second-order valence-corrected chi connectivity index (χ2v) is 14.3. The van der Waals surface area contributed by atoms with E-state index < -0.39 is 0 Å². The molecule has 0 unspecified atom stereocenters. The number of pyridine rings is 1. The van der Waals surface area contributed by atoms with Crippen LogP contribution in [-0.2, 0) is 10.8 Å². The minimum absolute atomic E-state index is 0.144. The quantitative estimate of drug-likeness (QED) is 0.180. The molecule has 48 heavy (non-hydrogen) atoms. The highest BCUT2D eigenvalue weighted by molar-refractivity contribution is 5.71. The third kappa shape index (κ3) is 8.01. The fraction of sp³-hybridized carbons (Fsp3) is 0.170. The molecular weight excluding hydrogens is 579 g/mol. The number of aromatic nitrogens is 1. The van der Waals surface area contributed by atoms with Crippen molar-refractivity contribution in [1.29, 1.82) is 0 Å². The summed E-state index contributed by atoms with van der Waals surface area (Å²) in [6.45, 7) is 13.4. The molecule has 5 aromatic carbocycles. The smallest absolute Gasteiger partial charge is 0.0702 e. The van der Waals surface area contributed by atoms with Gasteiger partial charge in [-0.05, 0) is 93.2 Å². The van der Waals surface area contributed by atoms with Gasteiger partial charge in [0.05, 0.1) is 5.69 Å². The molecule has 1 heterocycles. The molecule has 1 aromatic heterocycles. The van der Waals surface area contributed by atoms with Crippen LogP contribution in [0.5, 0.6) is 0 Å². The zero-order chi connectivity index (χ0) is 33.7. The Morgan fingerprint density at radius 3 is 0.958 bits per heavy atom. The molecule has 0 saturated carbocycles. The highest BCUT2D eigenvalue weighted by Gasteiger charge is 2.13. The van der Waals surface area contributed by atoms with Gasteiger partial charge < -0.3 is 0 Å². The summed E-state index contributed by atoms with van der Waals surface area (Å²) in [6.07, 6.45) is 1.94. The maximum Gasteiger partial charge on any atom is 0.0702 e. The SMILES string of the molecule is CC(C)(C)c1ccc(C#Cc2ccc(-c3ccc(-c4ccc(-c5ccc(C#Cc6ccc(C(C)(C)C)cc6)cc5)cn4)cc3)cc2)cc1. The minimum atomic E-state index is 0.144. The number of benzene rings is 5. The molecule has 0 atom stereocenters. The fourth-order valence-corrected chi connectivity index (χ4v) is 5.46. The molecule has 0 aliphatic rings. The Labute approximate surface area is 286 Å². The summed E-state index contributed by atoms with van der Waals surface area (Å²) >= 11 is 0. The zero-order valence-corrected chi connectivity index (χ0v) is 28.7. The van der Waals surface area contributed by atoms with Crippen molar-refractivity contribution in [3.63, 3.8) is 0 Å². The number of hydrogen-bond donors (Lipinski definition) is 0. The Hall–Kier alpha value is -5.63. The van der Waals surface area contributed by atoms with E-state index >= 15 is 0 Å². The van der Waals surface area contributed by atoms with Gasteiger partial charge in [0.15, 0.2) is 0 Å². The van der Waals surface area contributed by atoms with E-state index in [1.807, 2.05) is 6.20 Å². The van der Waals surface area contributed by atoms with Crippen molar-refractivity contribution in [3.05, 3.63) is 173 Å². The monoisotopic (exact) mass is 619 g/mol. The number of hydrogen-bond acceptors (Lipinski definition) is 1. The first kappa shape index (κ1) is 32.3. The summed E-state index contributed by atoms with van der Waals surface area (Å²) in [5.74, 6) is 13.2. The van der Waals surface area contributed by atoms with Gasteiger partial charge in [0.2, 0.25) is 0 Å². The maximum atomic E-state index is 4.78. The van der Waals surface area contributed by atoms with Crippen molar-refractivity contribution in [1.82, 2.24) is 4.98 Å². The molecule has 0 bridgehead atoms. The van der Waals surface area contributed by atoms with Crippen LogP contribution in [0, 0.1) is 23.7 Å². The Balaban J connectivity index is 1.07. The molecule has 0 radical (unpaired) electrons. The molecule has 1 nitrogen and oxygen atoms in total.